The summed E-state index contributed by atoms with van der Waals surface area (Å²) in [6, 6.07) is 3.43. The van der Waals surface area contributed by atoms with Gasteiger partial charge in [-0.15, -0.1) is 0 Å². The molecule has 1 aliphatic heterocycles. The van der Waals surface area contributed by atoms with Gasteiger partial charge in [0, 0.05) is 38.8 Å². The van der Waals surface area contributed by atoms with E-state index in [1.54, 1.807) is 0 Å². The molecule has 0 aliphatic carbocycles. The summed E-state index contributed by atoms with van der Waals surface area (Å²) in [5.41, 5.74) is 2.42. The van der Waals surface area contributed by atoms with Crippen LogP contribution in [0.15, 0.2) is 6.07 Å². The average molecular weight is 236 g/mol. The second-order valence-corrected chi connectivity index (χ2v) is 5.19. The van der Waals surface area contributed by atoms with Gasteiger partial charge in [-0.2, -0.15) is 5.10 Å². The highest BCUT2D eigenvalue weighted by molar-refractivity contribution is 5.09. The normalized spacial score (nSPS) is 26.4. The molecule has 0 saturated carbocycles. The summed E-state index contributed by atoms with van der Waals surface area (Å²) in [6.07, 6.45) is 1.20. The lowest BCUT2D eigenvalue weighted by Crippen LogP contribution is -2.54. The zero-order chi connectivity index (χ0) is 12.4. The Bertz CT molecular complexity index is 371. The number of nitrogens with one attached hydrogen (secondary N) is 1. The summed E-state index contributed by atoms with van der Waals surface area (Å²) in [4.78, 5) is 2.56. The van der Waals surface area contributed by atoms with Gasteiger partial charge in [0.05, 0.1) is 11.4 Å². The van der Waals surface area contributed by atoms with Crippen LogP contribution in [0.5, 0.6) is 0 Å². The Labute approximate surface area is 104 Å². The van der Waals surface area contributed by atoms with Crippen LogP contribution < -0.4 is 5.32 Å². The highest BCUT2D eigenvalue weighted by Gasteiger charge is 2.24. The van der Waals surface area contributed by atoms with Crippen molar-refractivity contribution < 1.29 is 0 Å². The number of hydrogen-bond donors (Lipinski definition) is 1. The quantitative estimate of drug-likeness (QED) is 0.859. The van der Waals surface area contributed by atoms with Crippen LogP contribution in [0.2, 0.25) is 0 Å². The molecule has 4 nitrogen and oxygen atoms in total. The molecule has 1 fully saturated rings. The van der Waals surface area contributed by atoms with Crippen molar-refractivity contribution in [3.8, 4) is 0 Å². The first kappa shape index (κ1) is 12.6. The fraction of sp³-hybridized carbons (Fsp3) is 0.769. The lowest BCUT2D eigenvalue weighted by molar-refractivity contribution is 0.128. The first-order chi connectivity index (χ1) is 8.10. The maximum Gasteiger partial charge on any atom is 0.0597 e. The molecule has 0 amide bonds. The maximum absolute atomic E-state index is 4.42. The highest BCUT2D eigenvalue weighted by Crippen LogP contribution is 2.14. The first-order valence-electron chi connectivity index (χ1n) is 6.57. The fourth-order valence-corrected chi connectivity index (χ4v) is 2.51. The van der Waals surface area contributed by atoms with Gasteiger partial charge in [-0.3, -0.25) is 9.58 Å². The Balaban J connectivity index is 2.03. The van der Waals surface area contributed by atoms with E-state index in [4.69, 9.17) is 0 Å². The molecule has 0 radical (unpaired) electrons. The molecule has 0 spiro atoms. The SMILES string of the molecule is CCC1CN(Cc2cc(C)nn2C)C(C)CN1. The molecular formula is C13H24N4. The second kappa shape index (κ2) is 5.19. The van der Waals surface area contributed by atoms with Crippen molar-refractivity contribution in [2.24, 2.45) is 7.05 Å². The van der Waals surface area contributed by atoms with E-state index in [2.05, 4.69) is 42.2 Å². The monoisotopic (exact) mass is 236 g/mol. The largest absolute Gasteiger partial charge is 0.311 e. The molecule has 4 heteroatoms. The van der Waals surface area contributed by atoms with Crippen molar-refractivity contribution in [2.45, 2.75) is 45.8 Å². The average Bonchev–Trinajstić information content (AvgIpc) is 2.60. The molecule has 2 atom stereocenters. The maximum atomic E-state index is 4.42. The van der Waals surface area contributed by atoms with Crippen LogP contribution >= 0.6 is 0 Å². The standard InChI is InChI=1S/C13H24N4/c1-5-12-8-17(11(3)7-14-12)9-13-6-10(2)15-16(13)4/h6,11-12,14H,5,7-9H2,1-4H3. The van der Waals surface area contributed by atoms with Crippen LogP contribution in [0.3, 0.4) is 0 Å². The minimum atomic E-state index is 0.605. The molecule has 17 heavy (non-hydrogen) atoms. The lowest BCUT2D eigenvalue weighted by Gasteiger charge is -2.38. The third-order valence-corrected chi connectivity index (χ3v) is 3.74. The molecule has 1 aromatic rings. The Morgan fingerprint density at radius 1 is 1.53 bits per heavy atom. The highest BCUT2D eigenvalue weighted by atomic mass is 15.3. The van der Waals surface area contributed by atoms with E-state index in [1.165, 1.54) is 12.1 Å². The molecule has 1 N–H and O–H groups in total. The summed E-state index contributed by atoms with van der Waals surface area (Å²) in [7, 11) is 2.03. The zero-order valence-corrected chi connectivity index (χ0v) is 11.4. The topological polar surface area (TPSA) is 33.1 Å². The van der Waals surface area contributed by atoms with Gasteiger partial charge in [-0.05, 0) is 26.3 Å². The van der Waals surface area contributed by atoms with Crippen LogP contribution in [0.25, 0.3) is 0 Å². The molecule has 2 unspecified atom stereocenters. The van der Waals surface area contributed by atoms with E-state index in [0.29, 0.717) is 12.1 Å². The van der Waals surface area contributed by atoms with Gasteiger partial charge in [-0.1, -0.05) is 6.92 Å². The van der Waals surface area contributed by atoms with E-state index in [9.17, 15) is 0 Å². The van der Waals surface area contributed by atoms with Gasteiger partial charge >= 0.3 is 0 Å². The molecule has 2 rings (SSSR count). The van der Waals surface area contributed by atoms with E-state index < -0.39 is 0 Å². The predicted molar refractivity (Wildman–Crippen MR) is 69.9 cm³/mol. The summed E-state index contributed by atoms with van der Waals surface area (Å²) in [5.74, 6) is 0. The van der Waals surface area contributed by atoms with E-state index in [-0.39, 0.29) is 0 Å². The van der Waals surface area contributed by atoms with Crippen molar-refractivity contribution in [3.05, 3.63) is 17.5 Å². The summed E-state index contributed by atoms with van der Waals surface area (Å²) < 4.78 is 2.00. The van der Waals surface area contributed by atoms with Crippen molar-refractivity contribution in [2.75, 3.05) is 13.1 Å². The van der Waals surface area contributed by atoms with Gasteiger partial charge in [0.1, 0.15) is 0 Å². The van der Waals surface area contributed by atoms with Crippen LogP contribution in [0, 0.1) is 6.92 Å². The summed E-state index contributed by atoms with van der Waals surface area (Å²) >= 11 is 0. The summed E-state index contributed by atoms with van der Waals surface area (Å²) in [5, 5.41) is 8.01. The van der Waals surface area contributed by atoms with E-state index in [1.807, 2.05) is 11.7 Å². The van der Waals surface area contributed by atoms with E-state index >= 15 is 0 Å². The number of hydrogen-bond acceptors (Lipinski definition) is 3. The minimum absolute atomic E-state index is 0.605. The van der Waals surface area contributed by atoms with Crippen LogP contribution in [-0.4, -0.2) is 39.9 Å². The third kappa shape index (κ3) is 2.87. The van der Waals surface area contributed by atoms with Gasteiger partial charge in [0.2, 0.25) is 0 Å². The lowest BCUT2D eigenvalue weighted by atomic mass is 10.1. The predicted octanol–water partition coefficient (Wildman–Crippen LogP) is 1.30. The van der Waals surface area contributed by atoms with Gasteiger partial charge in [0.15, 0.2) is 0 Å². The Kier molecular flexibility index (Phi) is 3.84. The van der Waals surface area contributed by atoms with Crippen molar-refractivity contribution in [3.63, 3.8) is 0 Å². The molecule has 1 aromatic heterocycles. The van der Waals surface area contributed by atoms with Crippen molar-refractivity contribution >= 4 is 0 Å². The van der Waals surface area contributed by atoms with Crippen LogP contribution in [0.1, 0.15) is 31.7 Å². The molecule has 0 aromatic carbocycles. The van der Waals surface area contributed by atoms with Crippen LogP contribution in [-0.2, 0) is 13.6 Å². The number of aromatic nitrogens is 2. The number of piperazine rings is 1. The number of nitrogens with zero attached hydrogens (tertiary/aromatic N) is 3. The molecule has 0 bridgehead atoms. The fourth-order valence-electron chi connectivity index (χ4n) is 2.51. The molecular weight excluding hydrogens is 212 g/mol. The summed E-state index contributed by atoms with van der Waals surface area (Å²) in [6.45, 7) is 9.84. The van der Waals surface area contributed by atoms with Crippen molar-refractivity contribution in [1.29, 1.82) is 0 Å². The molecule has 1 aliphatic rings. The first-order valence-corrected chi connectivity index (χ1v) is 6.57. The number of aryl methyl sites for hydroxylation is 2. The Morgan fingerprint density at radius 2 is 2.29 bits per heavy atom. The smallest absolute Gasteiger partial charge is 0.0597 e. The zero-order valence-electron chi connectivity index (χ0n) is 11.4. The molecule has 96 valence electrons. The minimum Gasteiger partial charge on any atom is -0.311 e. The number of rotatable bonds is 3. The van der Waals surface area contributed by atoms with E-state index in [0.717, 1.165) is 25.3 Å². The Morgan fingerprint density at radius 3 is 2.88 bits per heavy atom. The molecule has 2 heterocycles. The Hall–Kier alpha value is -0.870. The van der Waals surface area contributed by atoms with Gasteiger partial charge in [-0.25, -0.2) is 0 Å². The van der Waals surface area contributed by atoms with Gasteiger partial charge in [0.25, 0.3) is 0 Å². The third-order valence-electron chi connectivity index (χ3n) is 3.74. The molecule has 1 saturated heterocycles. The van der Waals surface area contributed by atoms with Gasteiger partial charge < -0.3 is 5.32 Å². The second-order valence-electron chi connectivity index (χ2n) is 5.19. The van der Waals surface area contributed by atoms with Crippen LogP contribution in [0.4, 0.5) is 0 Å². The van der Waals surface area contributed by atoms with Crippen molar-refractivity contribution in [1.82, 2.24) is 20.0 Å².